The van der Waals surface area contributed by atoms with E-state index in [1.807, 2.05) is 25.1 Å². The summed E-state index contributed by atoms with van der Waals surface area (Å²) in [6.45, 7) is 3.38. The molecule has 138 valence electrons. The number of hydrogen-bond acceptors (Lipinski definition) is 5. The smallest absolute Gasteiger partial charge is 0.344 e. The zero-order valence-corrected chi connectivity index (χ0v) is 15.1. The summed E-state index contributed by atoms with van der Waals surface area (Å²) < 4.78 is 10.6. The molecule has 0 bridgehead atoms. The summed E-state index contributed by atoms with van der Waals surface area (Å²) in [7, 11) is 0. The van der Waals surface area contributed by atoms with Gasteiger partial charge in [0, 0.05) is 17.5 Å². The Labute approximate surface area is 153 Å². The first-order valence-corrected chi connectivity index (χ1v) is 8.69. The van der Waals surface area contributed by atoms with Gasteiger partial charge in [0.15, 0.2) is 12.4 Å². The fourth-order valence-corrected chi connectivity index (χ4v) is 2.46. The fraction of sp³-hybridized carbons (Fsp3) is 0.333. The molecule has 0 fully saturated rings. The Kier molecular flexibility index (Phi) is 7.36. The van der Waals surface area contributed by atoms with Gasteiger partial charge in [-0.15, -0.1) is 0 Å². The summed E-state index contributed by atoms with van der Waals surface area (Å²) >= 11 is 0. The molecule has 0 radical (unpaired) electrons. The third-order valence-corrected chi connectivity index (χ3v) is 3.92. The predicted molar refractivity (Wildman–Crippen MR) is 98.3 cm³/mol. The van der Waals surface area contributed by atoms with Crippen LogP contribution in [0.5, 0.6) is 5.75 Å². The van der Waals surface area contributed by atoms with Crippen molar-refractivity contribution in [1.82, 2.24) is 0 Å². The van der Waals surface area contributed by atoms with Crippen LogP contribution in [0.2, 0.25) is 0 Å². The molecule has 0 saturated heterocycles. The second-order valence-electron chi connectivity index (χ2n) is 6.11. The van der Waals surface area contributed by atoms with Crippen LogP contribution >= 0.6 is 0 Å². The Morgan fingerprint density at radius 2 is 1.62 bits per heavy atom. The number of benzene rings is 2. The van der Waals surface area contributed by atoms with Crippen LogP contribution in [0.3, 0.4) is 0 Å². The van der Waals surface area contributed by atoms with Crippen molar-refractivity contribution in [3.05, 3.63) is 65.7 Å². The monoisotopic (exact) mass is 356 g/mol. The first-order chi connectivity index (χ1) is 12.5. The largest absolute Gasteiger partial charge is 0.482 e. The molecule has 2 atom stereocenters. The van der Waals surface area contributed by atoms with Crippen LogP contribution in [0, 0.1) is 0 Å². The molecule has 26 heavy (non-hydrogen) atoms. The molecule has 0 aliphatic carbocycles. The average Bonchev–Trinajstić information content (AvgIpc) is 2.66. The highest BCUT2D eigenvalue weighted by molar-refractivity contribution is 6.08. The van der Waals surface area contributed by atoms with Crippen molar-refractivity contribution in [3.63, 3.8) is 0 Å². The van der Waals surface area contributed by atoms with E-state index in [4.69, 9.17) is 9.47 Å². The van der Waals surface area contributed by atoms with Crippen LogP contribution in [0.1, 0.15) is 42.6 Å². The number of hydrogen-bond donors (Lipinski definition) is 1. The maximum absolute atomic E-state index is 12.3. The van der Waals surface area contributed by atoms with Crippen LogP contribution in [-0.2, 0) is 9.53 Å². The van der Waals surface area contributed by atoms with Crippen molar-refractivity contribution in [2.45, 2.75) is 38.9 Å². The zero-order chi connectivity index (χ0) is 18.9. The lowest BCUT2D eigenvalue weighted by molar-refractivity contribution is -0.151. The van der Waals surface area contributed by atoms with Crippen molar-refractivity contribution in [2.75, 3.05) is 6.61 Å². The van der Waals surface area contributed by atoms with E-state index in [2.05, 4.69) is 0 Å². The minimum Gasteiger partial charge on any atom is -0.482 e. The number of aliphatic hydroxyl groups excluding tert-OH is 1. The summed E-state index contributed by atoms with van der Waals surface area (Å²) in [4.78, 5) is 24.1. The van der Waals surface area contributed by atoms with Gasteiger partial charge in [-0.2, -0.15) is 0 Å². The third kappa shape index (κ3) is 6.01. The quantitative estimate of drug-likeness (QED) is 0.551. The van der Waals surface area contributed by atoms with Crippen molar-refractivity contribution in [2.24, 2.45) is 0 Å². The second kappa shape index (κ2) is 9.73. The molecule has 0 amide bonds. The molecule has 2 aromatic carbocycles. The molecule has 5 nitrogen and oxygen atoms in total. The highest BCUT2D eigenvalue weighted by Crippen LogP contribution is 2.16. The van der Waals surface area contributed by atoms with Gasteiger partial charge in [0.05, 0.1) is 6.10 Å². The Morgan fingerprint density at radius 3 is 2.23 bits per heavy atom. The number of carbonyl (C=O) groups is 2. The first-order valence-electron chi connectivity index (χ1n) is 8.69. The van der Waals surface area contributed by atoms with E-state index < -0.39 is 12.1 Å². The summed E-state index contributed by atoms with van der Waals surface area (Å²) in [6, 6.07) is 15.6. The van der Waals surface area contributed by atoms with Gasteiger partial charge in [-0.3, -0.25) is 4.79 Å². The molecule has 0 spiro atoms. The SMILES string of the molecule is CCC(O)CC(C)OC(=O)COc1ccc(C(=O)c2ccccc2)cc1. The van der Waals surface area contributed by atoms with E-state index in [1.54, 1.807) is 43.3 Å². The maximum Gasteiger partial charge on any atom is 0.344 e. The molecular formula is C21H24O5. The van der Waals surface area contributed by atoms with E-state index in [-0.39, 0.29) is 18.5 Å². The molecule has 0 aliphatic rings. The molecule has 2 unspecified atom stereocenters. The summed E-state index contributed by atoms with van der Waals surface area (Å²) in [5.41, 5.74) is 1.17. The van der Waals surface area contributed by atoms with E-state index in [1.165, 1.54) is 0 Å². The first kappa shape index (κ1) is 19.7. The van der Waals surface area contributed by atoms with Gasteiger partial charge in [0.2, 0.25) is 0 Å². The van der Waals surface area contributed by atoms with Gasteiger partial charge in [-0.1, -0.05) is 37.3 Å². The highest BCUT2D eigenvalue weighted by Gasteiger charge is 2.14. The third-order valence-electron chi connectivity index (χ3n) is 3.92. The van der Waals surface area contributed by atoms with Gasteiger partial charge in [-0.25, -0.2) is 4.79 Å². The summed E-state index contributed by atoms with van der Waals surface area (Å²) in [5.74, 6) is -0.0853. The van der Waals surface area contributed by atoms with Crippen molar-refractivity contribution >= 4 is 11.8 Å². The lowest BCUT2D eigenvalue weighted by Gasteiger charge is -2.16. The molecule has 1 N–H and O–H groups in total. The van der Waals surface area contributed by atoms with Gasteiger partial charge in [-0.05, 0) is 37.6 Å². The Bertz CT molecular complexity index is 709. The number of rotatable bonds is 9. The molecule has 2 rings (SSSR count). The van der Waals surface area contributed by atoms with Gasteiger partial charge >= 0.3 is 5.97 Å². The van der Waals surface area contributed by atoms with Crippen LogP contribution in [0.25, 0.3) is 0 Å². The number of ether oxygens (including phenoxy) is 2. The predicted octanol–water partition coefficient (Wildman–Crippen LogP) is 3.39. The van der Waals surface area contributed by atoms with Crippen LogP contribution in [0.15, 0.2) is 54.6 Å². The van der Waals surface area contributed by atoms with Crippen LogP contribution < -0.4 is 4.74 Å². The minimum absolute atomic E-state index is 0.0696. The minimum atomic E-state index is -0.495. The lowest BCUT2D eigenvalue weighted by Crippen LogP contribution is -2.24. The Balaban J connectivity index is 1.84. The van der Waals surface area contributed by atoms with E-state index in [0.717, 1.165) is 0 Å². The highest BCUT2D eigenvalue weighted by atomic mass is 16.6. The molecular weight excluding hydrogens is 332 g/mol. The molecule has 2 aromatic rings. The van der Waals surface area contributed by atoms with Crippen molar-refractivity contribution in [1.29, 1.82) is 0 Å². The fourth-order valence-electron chi connectivity index (χ4n) is 2.46. The van der Waals surface area contributed by atoms with E-state index in [0.29, 0.717) is 29.7 Å². The average molecular weight is 356 g/mol. The standard InChI is InChI=1S/C21H24O5/c1-3-18(22)13-15(2)26-20(23)14-25-19-11-9-17(10-12-19)21(24)16-7-5-4-6-8-16/h4-12,15,18,22H,3,13-14H2,1-2H3. The lowest BCUT2D eigenvalue weighted by atomic mass is 10.0. The molecule has 0 saturated carbocycles. The van der Waals surface area contributed by atoms with Crippen LogP contribution in [-0.4, -0.2) is 35.7 Å². The van der Waals surface area contributed by atoms with Crippen LogP contribution in [0.4, 0.5) is 0 Å². The molecule has 0 heterocycles. The normalized spacial score (nSPS) is 12.9. The molecule has 0 aliphatic heterocycles. The van der Waals surface area contributed by atoms with E-state index >= 15 is 0 Å². The maximum atomic E-state index is 12.3. The van der Waals surface area contributed by atoms with Gasteiger partial charge < -0.3 is 14.6 Å². The second-order valence-corrected chi connectivity index (χ2v) is 6.11. The Morgan fingerprint density at radius 1 is 1.00 bits per heavy atom. The van der Waals surface area contributed by atoms with Crippen molar-refractivity contribution < 1.29 is 24.2 Å². The molecule has 0 aromatic heterocycles. The van der Waals surface area contributed by atoms with E-state index in [9.17, 15) is 14.7 Å². The summed E-state index contributed by atoms with van der Waals surface area (Å²) in [6.07, 6.45) is 0.172. The number of carbonyl (C=O) groups excluding carboxylic acids is 2. The summed E-state index contributed by atoms with van der Waals surface area (Å²) in [5, 5.41) is 9.55. The number of esters is 1. The van der Waals surface area contributed by atoms with Gasteiger partial charge in [0.1, 0.15) is 11.9 Å². The van der Waals surface area contributed by atoms with Crippen molar-refractivity contribution in [3.8, 4) is 5.75 Å². The number of ketones is 1. The van der Waals surface area contributed by atoms with Gasteiger partial charge in [0.25, 0.3) is 0 Å². The topological polar surface area (TPSA) is 72.8 Å². The number of aliphatic hydroxyl groups is 1. The molecule has 5 heteroatoms. The zero-order valence-electron chi connectivity index (χ0n) is 15.1. The Hall–Kier alpha value is -2.66.